The van der Waals surface area contributed by atoms with Crippen LogP contribution in [-0.2, 0) is 0 Å². The monoisotopic (exact) mass is 275 g/mol. The molecule has 100 valence electrons. The van der Waals surface area contributed by atoms with Gasteiger partial charge in [0.25, 0.3) is 16.3 Å². The van der Waals surface area contributed by atoms with Crippen LogP contribution in [0.1, 0.15) is 13.3 Å². The van der Waals surface area contributed by atoms with Crippen LogP contribution in [-0.4, -0.2) is 57.2 Å². The van der Waals surface area contributed by atoms with Gasteiger partial charge in [-0.05, 0) is 19.5 Å². The molecule has 0 saturated carbocycles. The quantitative estimate of drug-likeness (QED) is 0.849. The minimum absolute atomic E-state index is 0.186. The zero-order valence-corrected chi connectivity index (χ0v) is 12.5. The van der Waals surface area contributed by atoms with Gasteiger partial charge in [-0.3, -0.25) is 0 Å². The predicted octanol–water partition coefficient (Wildman–Crippen LogP) is 1.50. The van der Waals surface area contributed by atoms with Gasteiger partial charge in [-0.15, -0.1) is 0 Å². The van der Waals surface area contributed by atoms with E-state index in [1.54, 1.807) is 6.07 Å². The molecule has 0 aliphatic carbocycles. The summed E-state index contributed by atoms with van der Waals surface area (Å²) >= 11 is 2.07. The fraction of sp³-hybridized carbons (Fsp3) is 0.538. The third-order valence-electron chi connectivity index (χ3n) is 3.28. The molecule has 1 saturated heterocycles. The van der Waals surface area contributed by atoms with Crippen LogP contribution in [0.15, 0.2) is 18.2 Å². The van der Waals surface area contributed by atoms with Gasteiger partial charge in [0, 0.05) is 25.1 Å². The smallest absolute Gasteiger partial charge is 0.281 e. The molecular formula is C13H18AlN3O2. The topological polar surface area (TPSA) is 54.5 Å². The molecule has 1 aliphatic heterocycles. The van der Waals surface area contributed by atoms with E-state index < -0.39 is 0 Å². The van der Waals surface area contributed by atoms with Crippen LogP contribution in [0.5, 0.6) is 5.88 Å². The van der Waals surface area contributed by atoms with E-state index in [1.807, 2.05) is 12.1 Å². The molecule has 0 spiro atoms. The summed E-state index contributed by atoms with van der Waals surface area (Å²) in [6, 6.07) is 5.40. The summed E-state index contributed by atoms with van der Waals surface area (Å²) < 4.78 is 5.73. The fourth-order valence-corrected chi connectivity index (χ4v) is 2.49. The van der Waals surface area contributed by atoms with Crippen molar-refractivity contribution in [1.82, 2.24) is 9.88 Å². The molecule has 1 aromatic rings. The lowest BCUT2D eigenvalue weighted by molar-refractivity contribution is 0.0606. The summed E-state index contributed by atoms with van der Waals surface area (Å²) in [6.45, 7) is 4.26. The molecule has 0 aromatic carbocycles. The molecule has 19 heavy (non-hydrogen) atoms. The third kappa shape index (κ3) is 4.20. The zero-order chi connectivity index (χ0) is 13.8. The number of likely N-dealkylation sites (tertiary alicyclic amines) is 1. The summed E-state index contributed by atoms with van der Waals surface area (Å²) in [7, 11) is 2.13. The van der Waals surface area contributed by atoms with Crippen LogP contribution in [0.3, 0.4) is 0 Å². The zero-order valence-electron chi connectivity index (χ0n) is 11.3. The number of piperidine rings is 1. The maximum absolute atomic E-state index is 11.0. The van der Waals surface area contributed by atoms with E-state index in [9.17, 15) is 4.79 Å². The van der Waals surface area contributed by atoms with E-state index in [-0.39, 0.29) is 10.9 Å². The van der Waals surface area contributed by atoms with Crippen molar-refractivity contribution in [2.75, 3.05) is 25.5 Å². The first-order valence-electron chi connectivity index (χ1n) is 6.43. The van der Waals surface area contributed by atoms with E-state index in [2.05, 4.69) is 45.5 Å². The first-order chi connectivity index (χ1) is 9.04. The second kappa shape index (κ2) is 6.38. The molecular weight excluding hydrogens is 257 g/mol. The number of ether oxygens (including phenoxy) is 1. The minimum atomic E-state index is -0.211. The molecule has 1 fully saturated rings. The van der Waals surface area contributed by atoms with Gasteiger partial charge < -0.3 is 19.7 Å². The summed E-state index contributed by atoms with van der Waals surface area (Å²) in [4.78, 5) is 17.6. The Labute approximate surface area is 121 Å². The summed E-state index contributed by atoms with van der Waals surface area (Å²) in [6.07, 6.45) is 1.19. The lowest BCUT2D eigenvalue weighted by Crippen LogP contribution is -2.42. The summed E-state index contributed by atoms with van der Waals surface area (Å²) in [5.41, 5.74) is 0. The second-order valence-electron chi connectivity index (χ2n) is 5.03. The Morgan fingerprint density at radius 1 is 1.58 bits per heavy atom. The average Bonchev–Trinajstić information content (AvgIpc) is 2.32. The van der Waals surface area contributed by atoms with Crippen LogP contribution in [0.4, 0.5) is 10.6 Å². The Bertz CT molecular complexity index is 455. The molecule has 2 radical (unpaired) electrons. The molecule has 6 heteroatoms. The highest BCUT2D eigenvalue weighted by atomic mass is 27.0. The first-order valence-corrected chi connectivity index (χ1v) is 7.01. The van der Waals surface area contributed by atoms with Gasteiger partial charge in [-0.2, -0.15) is 4.98 Å². The van der Waals surface area contributed by atoms with Crippen molar-refractivity contribution in [2.45, 2.75) is 19.4 Å². The molecule has 1 amide bonds. The van der Waals surface area contributed by atoms with Crippen molar-refractivity contribution in [1.29, 1.82) is 0 Å². The summed E-state index contributed by atoms with van der Waals surface area (Å²) in [5.74, 6) is 1.55. The number of hydrogen-bond acceptors (Lipinski definition) is 4. The molecule has 2 rings (SSSR count). The number of nitrogens with zero attached hydrogens (tertiary/aromatic N) is 2. The van der Waals surface area contributed by atoms with Gasteiger partial charge in [0.05, 0.1) is 0 Å². The van der Waals surface area contributed by atoms with Gasteiger partial charge in [-0.1, -0.05) is 13.0 Å². The van der Waals surface area contributed by atoms with Gasteiger partial charge in [0.2, 0.25) is 5.88 Å². The Balaban J connectivity index is 2.00. The Morgan fingerprint density at radius 3 is 3.05 bits per heavy atom. The van der Waals surface area contributed by atoms with Crippen molar-refractivity contribution in [3.05, 3.63) is 18.2 Å². The van der Waals surface area contributed by atoms with Crippen molar-refractivity contribution in [2.24, 2.45) is 5.92 Å². The predicted molar refractivity (Wildman–Crippen MR) is 74.7 cm³/mol. The fourth-order valence-electron chi connectivity index (χ4n) is 2.34. The Morgan fingerprint density at radius 2 is 2.37 bits per heavy atom. The summed E-state index contributed by atoms with van der Waals surface area (Å²) in [5, 5.41) is 2.63. The molecule has 1 aliphatic rings. The highest BCUT2D eigenvalue weighted by Gasteiger charge is 2.26. The molecule has 2 heterocycles. The lowest BCUT2D eigenvalue weighted by Gasteiger charge is -2.34. The van der Waals surface area contributed by atoms with Crippen LogP contribution in [0.2, 0.25) is 0 Å². The third-order valence-corrected chi connectivity index (χ3v) is 3.42. The molecule has 1 N–H and O–H groups in total. The Hall–Kier alpha value is -1.09. The number of hydrogen-bond donors (Lipinski definition) is 1. The van der Waals surface area contributed by atoms with Gasteiger partial charge >= 0.3 is 0 Å². The van der Waals surface area contributed by atoms with Crippen molar-refractivity contribution >= 4 is 26.9 Å². The van der Waals surface area contributed by atoms with Crippen LogP contribution < -0.4 is 10.1 Å². The molecule has 1 aromatic heterocycles. The van der Waals surface area contributed by atoms with Crippen LogP contribution in [0, 0.1) is 5.92 Å². The van der Waals surface area contributed by atoms with E-state index >= 15 is 0 Å². The average molecular weight is 275 g/mol. The molecule has 0 bridgehead atoms. The number of nitrogens with one attached hydrogen (secondary N) is 1. The minimum Gasteiger partial charge on any atom is -0.474 e. The number of anilines is 1. The van der Waals surface area contributed by atoms with Crippen LogP contribution >= 0.6 is 0 Å². The standard InChI is InChI=1S/C13H18N3O2.Al/c1-10-8-16(2)7-6-11(10)18-13-5-3-4-12(15-13)14-9-17;/h3-5,10-11H,6-8H2,1-2H3,(H,14,15,17);/t10-,11-;/m1./s1. The highest BCUT2D eigenvalue weighted by Crippen LogP contribution is 2.22. The number of carbonyl (C=O) groups excluding carboxylic acids is 1. The molecule has 0 unspecified atom stereocenters. The lowest BCUT2D eigenvalue weighted by atomic mass is 9.97. The number of rotatable bonds is 3. The SMILES string of the molecule is C[C@@H]1CN(C)CC[C@H]1Oc1cccc(N[C](=O)[Al])n1. The second-order valence-corrected chi connectivity index (χ2v) is 5.56. The number of amides is 1. The normalized spacial score (nSPS) is 23.9. The Kier molecular flexibility index (Phi) is 4.81. The molecule has 2 atom stereocenters. The van der Waals surface area contributed by atoms with Gasteiger partial charge in [0.1, 0.15) is 16.7 Å². The first kappa shape index (κ1) is 14.3. The van der Waals surface area contributed by atoms with Gasteiger partial charge in [-0.25, -0.2) is 0 Å². The highest BCUT2D eigenvalue weighted by molar-refractivity contribution is 6.60. The van der Waals surface area contributed by atoms with E-state index in [0.717, 1.165) is 19.5 Å². The maximum Gasteiger partial charge on any atom is 0.281 e. The van der Waals surface area contributed by atoms with E-state index in [1.165, 1.54) is 0 Å². The number of aromatic nitrogens is 1. The van der Waals surface area contributed by atoms with E-state index in [0.29, 0.717) is 17.6 Å². The molecule has 5 nitrogen and oxygen atoms in total. The van der Waals surface area contributed by atoms with Crippen molar-refractivity contribution in [3.8, 4) is 5.88 Å². The van der Waals surface area contributed by atoms with Crippen molar-refractivity contribution in [3.63, 3.8) is 0 Å². The number of pyridine rings is 1. The van der Waals surface area contributed by atoms with Gasteiger partial charge in [0.15, 0.2) is 0 Å². The largest absolute Gasteiger partial charge is 0.474 e. The number of carbonyl (C=O) groups is 1. The maximum atomic E-state index is 11.0. The van der Waals surface area contributed by atoms with E-state index in [4.69, 9.17) is 4.74 Å². The van der Waals surface area contributed by atoms with Crippen molar-refractivity contribution < 1.29 is 9.53 Å². The van der Waals surface area contributed by atoms with Crippen LogP contribution in [0.25, 0.3) is 0 Å².